The van der Waals surface area contributed by atoms with E-state index in [1.807, 2.05) is 25.4 Å². The van der Waals surface area contributed by atoms with Gasteiger partial charge >= 0.3 is 0 Å². The van der Waals surface area contributed by atoms with Crippen molar-refractivity contribution in [3.8, 4) is 10.6 Å². The van der Waals surface area contributed by atoms with Gasteiger partial charge in [0.25, 0.3) is 0 Å². The molecule has 8 nitrogen and oxygen atoms in total. The third-order valence-corrected chi connectivity index (χ3v) is 7.35. The van der Waals surface area contributed by atoms with Crippen molar-refractivity contribution in [3.05, 3.63) is 36.0 Å². The Morgan fingerprint density at radius 1 is 0.879 bits per heavy atom. The Labute approximate surface area is 199 Å². The molecule has 0 bridgehead atoms. The van der Waals surface area contributed by atoms with Gasteiger partial charge in [0.2, 0.25) is 5.95 Å². The predicted octanol–water partition coefficient (Wildman–Crippen LogP) is 5.22. The number of aromatic nitrogens is 5. The molecule has 0 aromatic carbocycles. The van der Waals surface area contributed by atoms with Gasteiger partial charge in [-0.15, -0.1) is 0 Å². The Kier molecular flexibility index (Phi) is 7.06. The quantitative estimate of drug-likeness (QED) is 0.417. The van der Waals surface area contributed by atoms with Crippen LogP contribution in [0, 0.1) is 6.92 Å². The molecule has 2 aliphatic rings. The molecule has 0 radical (unpaired) electrons. The first kappa shape index (κ1) is 22.2. The van der Waals surface area contributed by atoms with Crippen LogP contribution in [-0.4, -0.2) is 37.0 Å². The highest BCUT2D eigenvalue weighted by Crippen LogP contribution is 2.30. The molecule has 5 rings (SSSR count). The summed E-state index contributed by atoms with van der Waals surface area (Å²) in [4.78, 5) is 23.9. The fraction of sp³-hybridized carbons (Fsp3) is 0.542. The third kappa shape index (κ3) is 6.03. The van der Waals surface area contributed by atoms with E-state index in [0.29, 0.717) is 23.8 Å². The highest BCUT2D eigenvalue weighted by molar-refractivity contribution is 7.18. The molecule has 3 heterocycles. The van der Waals surface area contributed by atoms with E-state index in [9.17, 15) is 0 Å². The molecule has 2 aliphatic carbocycles. The van der Waals surface area contributed by atoms with E-state index < -0.39 is 0 Å². The fourth-order valence-corrected chi connectivity index (χ4v) is 5.42. The fourth-order valence-electron chi connectivity index (χ4n) is 4.64. The predicted molar refractivity (Wildman–Crippen MR) is 133 cm³/mol. The topological polar surface area (TPSA) is 101 Å². The van der Waals surface area contributed by atoms with E-state index in [4.69, 9.17) is 4.98 Å². The highest BCUT2D eigenvalue weighted by Gasteiger charge is 2.16. The third-order valence-electron chi connectivity index (χ3n) is 6.42. The van der Waals surface area contributed by atoms with Gasteiger partial charge in [0.1, 0.15) is 0 Å². The largest absolute Gasteiger partial charge is 0.351 e. The molecule has 3 aromatic heterocycles. The molecule has 2 fully saturated rings. The van der Waals surface area contributed by atoms with Crippen molar-refractivity contribution in [2.75, 3.05) is 10.6 Å². The van der Waals surface area contributed by atoms with Gasteiger partial charge in [0.05, 0.1) is 28.7 Å². The standard InChI is InChI=1S/C24H32N8S/c1-16-11-20(31-23(29-16)30-18-9-3-2-4-10-18)21-14-28-24(33-21)32-22-15-26-19(13-27-22)12-25-17-7-5-6-8-17/h11,13-15,17-18,25H,2-10,12H2,1H3,(H,27,28,32)(H,29,30,31). The lowest BCUT2D eigenvalue weighted by Gasteiger charge is -2.22. The lowest BCUT2D eigenvalue weighted by atomic mass is 9.96. The first-order valence-electron chi connectivity index (χ1n) is 12.1. The van der Waals surface area contributed by atoms with Crippen molar-refractivity contribution in [1.29, 1.82) is 0 Å². The van der Waals surface area contributed by atoms with Gasteiger partial charge in [-0.1, -0.05) is 43.4 Å². The average Bonchev–Trinajstić information content (AvgIpc) is 3.51. The minimum absolute atomic E-state index is 0.474. The van der Waals surface area contributed by atoms with Crippen LogP contribution in [0.1, 0.15) is 69.2 Å². The van der Waals surface area contributed by atoms with E-state index in [0.717, 1.165) is 33.6 Å². The summed E-state index contributed by atoms with van der Waals surface area (Å²) in [6.45, 7) is 2.78. The van der Waals surface area contributed by atoms with E-state index >= 15 is 0 Å². The van der Waals surface area contributed by atoms with Crippen LogP contribution >= 0.6 is 11.3 Å². The molecule has 33 heavy (non-hydrogen) atoms. The molecule has 0 saturated heterocycles. The molecule has 174 valence electrons. The number of hydrogen-bond acceptors (Lipinski definition) is 9. The molecule has 9 heteroatoms. The SMILES string of the molecule is Cc1cc(-c2cnc(Nc3cnc(CNC4CCCC4)cn3)s2)nc(NC2CCCCC2)n1. The van der Waals surface area contributed by atoms with Crippen LogP contribution in [0.25, 0.3) is 10.6 Å². The van der Waals surface area contributed by atoms with Crippen molar-refractivity contribution in [2.45, 2.75) is 83.3 Å². The Morgan fingerprint density at radius 3 is 2.45 bits per heavy atom. The minimum Gasteiger partial charge on any atom is -0.351 e. The summed E-state index contributed by atoms with van der Waals surface area (Å²) >= 11 is 1.56. The Balaban J connectivity index is 1.21. The zero-order valence-electron chi connectivity index (χ0n) is 19.2. The molecule has 0 aliphatic heterocycles. The van der Waals surface area contributed by atoms with Crippen LogP contribution in [0.15, 0.2) is 24.7 Å². The van der Waals surface area contributed by atoms with Crippen LogP contribution < -0.4 is 16.0 Å². The molecule has 0 amide bonds. The molecular formula is C24H32N8S. The van der Waals surface area contributed by atoms with Crippen molar-refractivity contribution in [2.24, 2.45) is 0 Å². The second kappa shape index (κ2) is 10.5. The van der Waals surface area contributed by atoms with Crippen LogP contribution in [0.2, 0.25) is 0 Å². The zero-order valence-corrected chi connectivity index (χ0v) is 20.0. The average molecular weight is 465 g/mol. The number of thiazole rings is 1. The van der Waals surface area contributed by atoms with Crippen LogP contribution in [-0.2, 0) is 6.54 Å². The molecule has 0 unspecified atom stereocenters. The lowest BCUT2D eigenvalue weighted by Crippen LogP contribution is -2.25. The monoisotopic (exact) mass is 464 g/mol. The molecule has 3 N–H and O–H groups in total. The molecule has 0 spiro atoms. The highest BCUT2D eigenvalue weighted by atomic mass is 32.1. The van der Waals surface area contributed by atoms with Gasteiger partial charge in [0, 0.05) is 30.5 Å². The summed E-state index contributed by atoms with van der Waals surface area (Å²) in [5, 5.41) is 11.1. The maximum Gasteiger partial charge on any atom is 0.223 e. The Hall–Kier alpha value is -2.65. The first-order chi connectivity index (χ1) is 16.2. The molecule has 0 atom stereocenters. The summed E-state index contributed by atoms with van der Waals surface area (Å²) in [7, 11) is 0. The van der Waals surface area contributed by atoms with Gasteiger partial charge in [-0.25, -0.2) is 19.9 Å². The smallest absolute Gasteiger partial charge is 0.223 e. The van der Waals surface area contributed by atoms with Gasteiger partial charge in [0.15, 0.2) is 10.9 Å². The second-order valence-electron chi connectivity index (χ2n) is 9.11. The maximum atomic E-state index is 4.77. The summed E-state index contributed by atoms with van der Waals surface area (Å²) in [5.41, 5.74) is 2.81. The van der Waals surface area contributed by atoms with Crippen molar-refractivity contribution < 1.29 is 0 Å². The minimum atomic E-state index is 0.474. The molecular weight excluding hydrogens is 432 g/mol. The zero-order chi connectivity index (χ0) is 22.5. The summed E-state index contributed by atoms with van der Waals surface area (Å²) in [6.07, 6.45) is 16.9. The first-order valence-corrected chi connectivity index (χ1v) is 12.9. The summed E-state index contributed by atoms with van der Waals surface area (Å²) in [6, 6.07) is 3.11. The maximum absolute atomic E-state index is 4.77. The Bertz CT molecular complexity index is 1040. The lowest BCUT2D eigenvalue weighted by molar-refractivity contribution is 0.461. The van der Waals surface area contributed by atoms with Crippen molar-refractivity contribution in [1.82, 2.24) is 30.2 Å². The number of nitrogens with zero attached hydrogens (tertiary/aromatic N) is 5. The van der Waals surface area contributed by atoms with Crippen LogP contribution in [0.5, 0.6) is 0 Å². The van der Waals surface area contributed by atoms with Gasteiger partial charge in [-0.3, -0.25) is 4.98 Å². The molecule has 3 aromatic rings. The number of nitrogens with one attached hydrogen (secondary N) is 3. The molecule has 2 saturated carbocycles. The Morgan fingerprint density at radius 2 is 1.67 bits per heavy atom. The number of hydrogen-bond donors (Lipinski definition) is 3. The van der Waals surface area contributed by atoms with E-state index in [2.05, 4.69) is 35.9 Å². The van der Waals surface area contributed by atoms with Gasteiger partial charge < -0.3 is 16.0 Å². The van der Waals surface area contributed by atoms with Crippen LogP contribution in [0.3, 0.4) is 0 Å². The van der Waals surface area contributed by atoms with Crippen molar-refractivity contribution >= 4 is 28.2 Å². The van der Waals surface area contributed by atoms with E-state index in [-0.39, 0.29) is 0 Å². The van der Waals surface area contributed by atoms with Gasteiger partial charge in [-0.2, -0.15) is 0 Å². The van der Waals surface area contributed by atoms with Crippen LogP contribution in [0.4, 0.5) is 16.9 Å². The summed E-state index contributed by atoms with van der Waals surface area (Å²) in [5.74, 6) is 1.41. The van der Waals surface area contributed by atoms with Gasteiger partial charge in [-0.05, 0) is 38.7 Å². The number of rotatable bonds is 8. The number of aryl methyl sites for hydroxylation is 1. The second-order valence-corrected chi connectivity index (χ2v) is 10.1. The summed E-state index contributed by atoms with van der Waals surface area (Å²) < 4.78 is 0. The normalized spacial score (nSPS) is 17.4. The van der Waals surface area contributed by atoms with E-state index in [1.54, 1.807) is 17.5 Å². The van der Waals surface area contributed by atoms with E-state index in [1.165, 1.54) is 57.8 Å². The van der Waals surface area contributed by atoms with Crippen molar-refractivity contribution in [3.63, 3.8) is 0 Å². The number of anilines is 3.